The fraction of sp³-hybridized carbons (Fsp3) is 0.681. The average molecular weight is 1120 g/mol. The molecular formula is C69H120N2O7P+. The number of esters is 1. The highest BCUT2D eigenvalue weighted by atomic mass is 31.2. The van der Waals surface area contributed by atoms with Crippen LogP contribution in [-0.2, 0) is 27.9 Å². The number of phosphoric acid groups is 1. The van der Waals surface area contributed by atoms with Crippen LogP contribution in [0.2, 0.25) is 0 Å². The quantitative estimate of drug-likeness (QED) is 0.0205. The van der Waals surface area contributed by atoms with Gasteiger partial charge in [-0.1, -0.05) is 245 Å². The predicted octanol–water partition coefficient (Wildman–Crippen LogP) is 19.9. The standard InChI is InChI=1S/C69H119N2O7P/c1-7-10-13-16-19-22-25-28-30-32-33-34-35-36-37-38-39-40-42-44-47-50-53-56-59-62-69(73)78-67(60-57-54-51-48-45-27-24-21-18-15-12-9-3)66(65-77-79(74,75)76-64-63-71(4,5)6)70-68(72)61-58-55-52-49-46-43-41-31-29-26-23-20-17-14-11-8-2/h10-11,13-14,19-20,22-23,28-31,33-34,36-37,39-40,57,60,66-67H,7-9,12,15-18,21,24-27,32,35,38,41-56,58-59,61-65H2,1-6H3,(H-,70,72,74,75)/p+1/b13-10-,14-11+,22-19-,23-20+,30-28-,31-29+,34-33-,37-36-,40-39-,60-57-. The SMILES string of the molecule is CC/C=C\C/C=C\C/C=C\C/C=C\C/C=C\C/C=C\CCCCCCCCC(=O)OC(/C=C\CCCCCCCCCCCC)C(COP(=O)(O)OCC[N+](C)(C)C)NC(=O)CCCCCCCC/C=C/C/C=C/C/C=C/CC. The van der Waals surface area contributed by atoms with Crippen molar-refractivity contribution in [1.29, 1.82) is 0 Å². The summed E-state index contributed by atoms with van der Waals surface area (Å²) in [6.07, 6.45) is 80.5. The van der Waals surface area contributed by atoms with Crippen LogP contribution in [0.25, 0.3) is 0 Å². The van der Waals surface area contributed by atoms with Crippen LogP contribution in [0.15, 0.2) is 122 Å². The fourth-order valence-corrected chi connectivity index (χ4v) is 9.28. The first-order chi connectivity index (χ1) is 38.4. The van der Waals surface area contributed by atoms with Crippen molar-refractivity contribution in [2.24, 2.45) is 0 Å². The zero-order valence-electron chi connectivity index (χ0n) is 51.6. The van der Waals surface area contributed by atoms with E-state index in [0.717, 1.165) is 161 Å². The zero-order valence-corrected chi connectivity index (χ0v) is 52.5. The molecule has 452 valence electrons. The number of hydrogen-bond donors (Lipinski definition) is 2. The van der Waals surface area contributed by atoms with Crippen LogP contribution in [0.1, 0.15) is 252 Å². The number of phosphoric ester groups is 1. The molecule has 0 aliphatic rings. The third-order valence-corrected chi connectivity index (χ3v) is 14.4. The number of nitrogens with zero attached hydrogens (tertiary/aromatic N) is 1. The molecule has 0 aliphatic heterocycles. The Morgan fingerprint density at radius 3 is 1.22 bits per heavy atom. The van der Waals surface area contributed by atoms with Crippen LogP contribution in [0.4, 0.5) is 0 Å². The number of carbonyl (C=O) groups is 2. The lowest BCUT2D eigenvalue weighted by molar-refractivity contribution is -0.870. The molecule has 3 atom stereocenters. The number of rotatable bonds is 56. The average Bonchev–Trinajstić information content (AvgIpc) is 3.41. The molecule has 2 N–H and O–H groups in total. The van der Waals surface area contributed by atoms with Crippen molar-refractivity contribution in [1.82, 2.24) is 5.32 Å². The Balaban J connectivity index is 5.24. The second-order valence-electron chi connectivity index (χ2n) is 22.2. The molecule has 0 saturated carbocycles. The molecule has 0 bridgehead atoms. The summed E-state index contributed by atoms with van der Waals surface area (Å²) in [5.41, 5.74) is 0. The Morgan fingerprint density at radius 2 is 0.810 bits per heavy atom. The van der Waals surface area contributed by atoms with Gasteiger partial charge in [-0.15, -0.1) is 0 Å². The van der Waals surface area contributed by atoms with Crippen molar-refractivity contribution < 1.29 is 37.3 Å². The summed E-state index contributed by atoms with van der Waals surface area (Å²) in [7, 11) is 1.46. The van der Waals surface area contributed by atoms with Crippen molar-refractivity contribution in [2.75, 3.05) is 40.9 Å². The summed E-state index contributed by atoms with van der Waals surface area (Å²) in [4.78, 5) is 37.7. The van der Waals surface area contributed by atoms with E-state index in [1.807, 2.05) is 33.3 Å². The number of quaternary nitrogens is 1. The lowest BCUT2D eigenvalue weighted by Crippen LogP contribution is -2.47. The van der Waals surface area contributed by atoms with E-state index in [1.165, 1.54) is 51.4 Å². The number of nitrogens with one attached hydrogen (secondary N) is 1. The number of hydrogen-bond acceptors (Lipinski definition) is 6. The van der Waals surface area contributed by atoms with Gasteiger partial charge in [-0.25, -0.2) is 4.57 Å². The molecule has 3 unspecified atom stereocenters. The van der Waals surface area contributed by atoms with Crippen molar-refractivity contribution >= 4 is 19.7 Å². The Labute approximate surface area is 486 Å². The molecule has 0 aliphatic carbocycles. The van der Waals surface area contributed by atoms with Gasteiger partial charge in [0, 0.05) is 12.8 Å². The zero-order chi connectivity index (χ0) is 57.9. The van der Waals surface area contributed by atoms with Gasteiger partial charge in [-0.3, -0.25) is 18.6 Å². The number of ether oxygens (including phenoxy) is 1. The van der Waals surface area contributed by atoms with Gasteiger partial charge in [-0.05, 0) is 115 Å². The molecule has 10 heteroatoms. The minimum absolute atomic E-state index is 0.0285. The second-order valence-corrected chi connectivity index (χ2v) is 23.6. The van der Waals surface area contributed by atoms with Gasteiger partial charge in [0.1, 0.15) is 19.3 Å². The first-order valence-electron chi connectivity index (χ1n) is 31.9. The molecule has 0 radical (unpaired) electrons. The maximum absolute atomic E-state index is 13.5. The Morgan fingerprint density at radius 1 is 0.456 bits per heavy atom. The number of likely N-dealkylation sites (N-methyl/N-ethyl adjacent to an activating group) is 1. The molecule has 0 spiro atoms. The first-order valence-corrected chi connectivity index (χ1v) is 33.4. The summed E-state index contributed by atoms with van der Waals surface area (Å²) < 4.78 is 30.7. The van der Waals surface area contributed by atoms with Crippen LogP contribution >= 0.6 is 7.82 Å². The Hall–Kier alpha value is -3.59. The summed E-state index contributed by atoms with van der Waals surface area (Å²) in [6, 6.07) is -0.870. The van der Waals surface area contributed by atoms with Crippen molar-refractivity contribution in [3.05, 3.63) is 122 Å². The topological polar surface area (TPSA) is 111 Å². The van der Waals surface area contributed by atoms with E-state index in [2.05, 4.69) is 135 Å². The van der Waals surface area contributed by atoms with Gasteiger partial charge in [0.15, 0.2) is 0 Å². The van der Waals surface area contributed by atoms with E-state index in [1.54, 1.807) is 0 Å². The van der Waals surface area contributed by atoms with E-state index >= 15 is 0 Å². The van der Waals surface area contributed by atoms with E-state index in [4.69, 9.17) is 13.8 Å². The van der Waals surface area contributed by atoms with E-state index in [-0.39, 0.29) is 31.5 Å². The summed E-state index contributed by atoms with van der Waals surface area (Å²) in [5.74, 6) is -0.544. The monoisotopic (exact) mass is 1120 g/mol. The normalized spacial score (nSPS) is 14.5. The van der Waals surface area contributed by atoms with Crippen molar-refractivity contribution in [3.63, 3.8) is 0 Å². The minimum atomic E-state index is -4.46. The third kappa shape index (κ3) is 58.9. The molecule has 0 heterocycles. The smallest absolute Gasteiger partial charge is 0.456 e. The largest absolute Gasteiger partial charge is 0.472 e. The first kappa shape index (κ1) is 75.4. The number of allylic oxidation sites excluding steroid dienone is 19. The van der Waals surface area contributed by atoms with E-state index in [0.29, 0.717) is 23.9 Å². The van der Waals surface area contributed by atoms with Crippen LogP contribution in [-0.4, -0.2) is 74.3 Å². The molecule has 0 aromatic heterocycles. The van der Waals surface area contributed by atoms with Gasteiger partial charge in [-0.2, -0.15) is 0 Å². The second kappa shape index (κ2) is 57.6. The van der Waals surface area contributed by atoms with Gasteiger partial charge >= 0.3 is 13.8 Å². The summed E-state index contributed by atoms with van der Waals surface area (Å²) >= 11 is 0. The van der Waals surface area contributed by atoms with Crippen molar-refractivity contribution in [2.45, 2.75) is 264 Å². The molecule has 1 amide bonds. The Kier molecular flexibility index (Phi) is 55.0. The molecule has 0 saturated heterocycles. The number of carbonyl (C=O) groups excluding carboxylic acids is 2. The van der Waals surface area contributed by atoms with Crippen LogP contribution in [0.3, 0.4) is 0 Å². The van der Waals surface area contributed by atoms with Crippen LogP contribution < -0.4 is 5.32 Å². The molecule has 0 aromatic carbocycles. The van der Waals surface area contributed by atoms with Gasteiger partial charge < -0.3 is 19.4 Å². The number of unbranched alkanes of at least 4 members (excludes halogenated alkanes) is 22. The highest BCUT2D eigenvalue weighted by Crippen LogP contribution is 2.43. The van der Waals surface area contributed by atoms with Crippen LogP contribution in [0.5, 0.6) is 0 Å². The maximum atomic E-state index is 13.5. The maximum Gasteiger partial charge on any atom is 0.472 e. The summed E-state index contributed by atoms with van der Waals surface area (Å²) in [6.45, 7) is 6.75. The third-order valence-electron chi connectivity index (χ3n) is 13.4. The molecule has 0 fully saturated rings. The molecule has 9 nitrogen and oxygen atoms in total. The lowest BCUT2D eigenvalue weighted by atomic mass is 10.0. The predicted molar refractivity (Wildman–Crippen MR) is 341 cm³/mol. The highest BCUT2D eigenvalue weighted by molar-refractivity contribution is 7.47. The highest BCUT2D eigenvalue weighted by Gasteiger charge is 2.30. The number of amides is 1. The lowest BCUT2D eigenvalue weighted by Gasteiger charge is -2.27. The minimum Gasteiger partial charge on any atom is -0.456 e. The van der Waals surface area contributed by atoms with E-state index in [9.17, 15) is 19.0 Å². The Bertz CT molecular complexity index is 1770. The fourth-order valence-electron chi connectivity index (χ4n) is 8.55. The van der Waals surface area contributed by atoms with Gasteiger partial charge in [0.25, 0.3) is 0 Å². The van der Waals surface area contributed by atoms with E-state index < -0.39 is 20.0 Å². The molecular weight excluding hydrogens is 1000 g/mol. The molecule has 79 heavy (non-hydrogen) atoms. The van der Waals surface area contributed by atoms with Crippen LogP contribution in [0, 0.1) is 0 Å². The summed E-state index contributed by atoms with van der Waals surface area (Å²) in [5, 5.41) is 3.04. The molecule has 0 rings (SSSR count). The molecule has 0 aromatic rings. The van der Waals surface area contributed by atoms with Gasteiger partial charge in [0.2, 0.25) is 5.91 Å². The van der Waals surface area contributed by atoms with Gasteiger partial charge in [0.05, 0.1) is 33.8 Å². The van der Waals surface area contributed by atoms with Crippen molar-refractivity contribution in [3.8, 4) is 0 Å².